The zero-order valence-electron chi connectivity index (χ0n) is 17.5. The summed E-state index contributed by atoms with van der Waals surface area (Å²) in [4.78, 5) is 29.0. The molecule has 0 amide bonds. The Balaban J connectivity index is 1.40. The molecular weight excluding hydrogens is 446 g/mol. The van der Waals surface area contributed by atoms with E-state index < -0.39 is 0 Å². The van der Waals surface area contributed by atoms with E-state index in [1.165, 1.54) is 17.7 Å². The number of thiazole rings is 1. The highest BCUT2D eigenvalue weighted by atomic mass is 35.5. The van der Waals surface area contributed by atoms with Gasteiger partial charge >= 0.3 is 0 Å². The average Bonchev–Trinajstić information content (AvgIpc) is 3.35. The van der Waals surface area contributed by atoms with Crippen LogP contribution < -0.4 is 19.5 Å². The smallest absolute Gasteiger partial charge is 0.266 e. The van der Waals surface area contributed by atoms with E-state index in [1.807, 2.05) is 36.5 Å². The predicted molar refractivity (Wildman–Crippen MR) is 128 cm³/mol. The number of nitrogens with zero attached hydrogens (tertiary/aromatic N) is 3. The molecule has 0 unspecified atom stereocenters. The zero-order valence-corrected chi connectivity index (χ0v) is 19.0. The van der Waals surface area contributed by atoms with Crippen LogP contribution in [0.4, 0.5) is 0 Å². The van der Waals surface area contributed by atoms with Crippen molar-refractivity contribution in [3.8, 4) is 5.75 Å². The third-order valence-corrected chi connectivity index (χ3v) is 6.87. The van der Waals surface area contributed by atoms with E-state index in [0.29, 0.717) is 9.55 Å². The van der Waals surface area contributed by atoms with E-state index in [0.717, 1.165) is 58.5 Å². The van der Waals surface area contributed by atoms with Gasteiger partial charge in [0.15, 0.2) is 0 Å². The third-order valence-electron chi connectivity index (χ3n) is 5.58. The molecule has 1 aliphatic heterocycles. The molecule has 0 saturated carbocycles. The van der Waals surface area contributed by atoms with E-state index in [-0.39, 0.29) is 11.7 Å². The van der Waals surface area contributed by atoms with Crippen LogP contribution in [-0.2, 0) is 0 Å². The molecule has 2 N–H and O–H groups in total. The molecule has 7 nitrogen and oxygen atoms in total. The maximum absolute atomic E-state index is 12.5. The Bertz CT molecular complexity index is 1430. The maximum Gasteiger partial charge on any atom is 0.266 e. The van der Waals surface area contributed by atoms with Gasteiger partial charge in [0.05, 0.1) is 14.2 Å². The predicted octanol–water partition coefficient (Wildman–Crippen LogP) is 2.49. The first kappa shape index (κ1) is 20.9. The average molecular weight is 468 g/mol. The molecule has 0 bridgehead atoms. The summed E-state index contributed by atoms with van der Waals surface area (Å²) in [5.74, 6) is 0.775. The van der Waals surface area contributed by atoms with Crippen molar-refractivity contribution in [2.45, 2.75) is 18.9 Å². The Kier molecular flexibility index (Phi) is 5.82. The summed E-state index contributed by atoms with van der Waals surface area (Å²) in [6.45, 7) is 2.09. The van der Waals surface area contributed by atoms with Crippen molar-refractivity contribution in [2.24, 2.45) is 0 Å². The van der Waals surface area contributed by atoms with Crippen LogP contribution in [0.15, 0.2) is 41.7 Å². The number of hydrogen-bond donors (Lipinski definition) is 2. The van der Waals surface area contributed by atoms with Crippen molar-refractivity contribution in [3.63, 3.8) is 0 Å². The first-order valence-corrected chi connectivity index (χ1v) is 11.6. The summed E-state index contributed by atoms with van der Waals surface area (Å²) in [5.41, 5.74) is 2.28. The van der Waals surface area contributed by atoms with E-state index in [4.69, 9.17) is 16.3 Å². The van der Waals surface area contributed by atoms with Crippen molar-refractivity contribution in [1.82, 2.24) is 24.8 Å². The molecule has 4 heterocycles. The highest BCUT2D eigenvalue weighted by Crippen LogP contribution is 2.25. The van der Waals surface area contributed by atoms with Crippen molar-refractivity contribution in [1.29, 1.82) is 0 Å². The number of piperidine rings is 1. The minimum absolute atomic E-state index is 0.147. The summed E-state index contributed by atoms with van der Waals surface area (Å²) in [6.07, 6.45) is 11.0. The SMILES string of the molecule is CN1CCC(Oc2ccc(/C=c3/[nH]c(=O)/c(=C/c4c[nH]c5ncncc45)s3)c(Cl)c2)CC1. The maximum atomic E-state index is 12.5. The molecule has 1 fully saturated rings. The minimum Gasteiger partial charge on any atom is -0.490 e. The second-order valence-corrected chi connectivity index (χ2v) is 9.40. The Morgan fingerprint density at radius 1 is 1.25 bits per heavy atom. The number of fused-ring (bicyclic) bond motifs is 1. The quantitative estimate of drug-likeness (QED) is 0.481. The van der Waals surface area contributed by atoms with Gasteiger partial charge in [-0.25, -0.2) is 9.97 Å². The fourth-order valence-corrected chi connectivity index (χ4v) is 4.92. The number of halogens is 1. The lowest BCUT2D eigenvalue weighted by Crippen LogP contribution is -2.35. The van der Waals surface area contributed by atoms with Crippen LogP contribution in [0.5, 0.6) is 5.75 Å². The molecule has 164 valence electrons. The van der Waals surface area contributed by atoms with Crippen LogP contribution >= 0.6 is 22.9 Å². The lowest BCUT2D eigenvalue weighted by atomic mass is 10.1. The van der Waals surface area contributed by atoms with Gasteiger partial charge in [-0.15, -0.1) is 11.3 Å². The van der Waals surface area contributed by atoms with Gasteiger partial charge in [0.2, 0.25) is 0 Å². The number of aromatic nitrogens is 4. The standard InChI is InChI=1S/C23H22ClN5O2S/c1-29-6-4-16(5-7-29)31-17-3-2-14(19(24)10-17)9-21-28-23(30)20(32-21)8-15-11-26-22-18(15)12-25-13-27-22/h2-3,8-13,16H,4-7H2,1H3,(H,28,30)(H,25,26,27)/b20-8-,21-9-. The van der Waals surface area contributed by atoms with Gasteiger partial charge in [-0.1, -0.05) is 11.6 Å². The first-order valence-electron chi connectivity index (χ1n) is 10.4. The number of rotatable bonds is 4. The topological polar surface area (TPSA) is 86.9 Å². The Morgan fingerprint density at radius 3 is 2.91 bits per heavy atom. The normalized spacial score (nSPS) is 16.8. The fraction of sp³-hybridized carbons (Fsp3) is 0.261. The van der Waals surface area contributed by atoms with Gasteiger partial charge in [-0.3, -0.25) is 4.79 Å². The molecule has 4 aromatic rings. The van der Waals surface area contributed by atoms with E-state index in [1.54, 1.807) is 6.20 Å². The molecule has 0 radical (unpaired) electrons. The van der Waals surface area contributed by atoms with E-state index in [9.17, 15) is 4.79 Å². The molecule has 1 saturated heterocycles. The highest BCUT2D eigenvalue weighted by molar-refractivity contribution is 7.07. The minimum atomic E-state index is -0.147. The molecular formula is C23H22ClN5O2S. The first-order chi connectivity index (χ1) is 15.5. The zero-order chi connectivity index (χ0) is 22.1. The summed E-state index contributed by atoms with van der Waals surface area (Å²) in [7, 11) is 2.13. The van der Waals surface area contributed by atoms with Crippen molar-refractivity contribution in [3.05, 3.63) is 72.6 Å². The van der Waals surface area contributed by atoms with Crippen molar-refractivity contribution < 1.29 is 4.74 Å². The van der Waals surface area contributed by atoms with E-state index in [2.05, 4.69) is 31.9 Å². The van der Waals surface area contributed by atoms with Gasteiger partial charge in [0, 0.05) is 36.4 Å². The number of H-pyrrole nitrogens is 2. The number of nitrogens with one attached hydrogen (secondary N) is 2. The molecule has 5 rings (SSSR count). The summed E-state index contributed by atoms with van der Waals surface area (Å²) in [6, 6.07) is 5.70. The van der Waals surface area contributed by atoms with Crippen molar-refractivity contribution in [2.75, 3.05) is 20.1 Å². The van der Waals surface area contributed by atoms with Crippen LogP contribution in [-0.4, -0.2) is 51.1 Å². The van der Waals surface area contributed by atoms with Crippen LogP contribution in [0, 0.1) is 0 Å². The molecule has 1 aliphatic rings. The number of ether oxygens (including phenoxy) is 1. The van der Waals surface area contributed by atoms with Gasteiger partial charge in [0.25, 0.3) is 5.56 Å². The third kappa shape index (κ3) is 4.48. The molecule has 3 aromatic heterocycles. The van der Waals surface area contributed by atoms with Gasteiger partial charge in [-0.05, 0) is 55.8 Å². The Labute approximate surface area is 193 Å². The van der Waals surface area contributed by atoms with Crippen LogP contribution in [0.3, 0.4) is 0 Å². The van der Waals surface area contributed by atoms with Gasteiger partial charge in [0.1, 0.15) is 23.8 Å². The molecule has 9 heteroatoms. The number of hydrogen-bond acceptors (Lipinski definition) is 6. The second-order valence-electron chi connectivity index (χ2n) is 7.91. The summed E-state index contributed by atoms with van der Waals surface area (Å²) >= 11 is 7.89. The lowest BCUT2D eigenvalue weighted by molar-refractivity contribution is 0.114. The van der Waals surface area contributed by atoms with E-state index >= 15 is 0 Å². The molecule has 1 aromatic carbocycles. The Morgan fingerprint density at radius 2 is 2.09 bits per heavy atom. The molecule has 0 spiro atoms. The van der Waals surface area contributed by atoms with Crippen LogP contribution in [0.2, 0.25) is 5.02 Å². The second kappa shape index (κ2) is 8.90. The highest BCUT2D eigenvalue weighted by Gasteiger charge is 2.18. The lowest BCUT2D eigenvalue weighted by Gasteiger charge is -2.29. The monoisotopic (exact) mass is 467 g/mol. The summed E-state index contributed by atoms with van der Waals surface area (Å²) < 4.78 is 7.43. The van der Waals surface area contributed by atoms with Crippen molar-refractivity contribution >= 4 is 46.1 Å². The number of benzene rings is 1. The van der Waals surface area contributed by atoms with Gasteiger partial charge in [-0.2, -0.15) is 0 Å². The van der Waals surface area contributed by atoms with Crippen LogP contribution in [0.25, 0.3) is 23.2 Å². The number of likely N-dealkylation sites (tertiary alicyclic amines) is 1. The Hall–Kier alpha value is -2.94. The van der Waals surface area contributed by atoms with Gasteiger partial charge < -0.3 is 19.6 Å². The molecule has 0 aliphatic carbocycles. The van der Waals surface area contributed by atoms with Crippen LogP contribution in [0.1, 0.15) is 24.0 Å². The summed E-state index contributed by atoms with van der Waals surface area (Å²) in [5, 5.41) is 1.46. The number of aromatic amines is 2. The molecule has 32 heavy (non-hydrogen) atoms. The molecule has 0 atom stereocenters. The fourth-order valence-electron chi connectivity index (χ4n) is 3.80. The largest absolute Gasteiger partial charge is 0.490 e.